The molecule has 6 heteroatoms. The number of halogens is 1. The van der Waals surface area contributed by atoms with Crippen LogP contribution in [0.25, 0.3) is 11.0 Å². The van der Waals surface area contributed by atoms with Crippen LogP contribution in [0.2, 0.25) is 0 Å². The summed E-state index contributed by atoms with van der Waals surface area (Å²) in [7, 11) is 0. The van der Waals surface area contributed by atoms with E-state index in [1.165, 1.54) is 29.5 Å². The smallest absolute Gasteiger partial charge is 0.317 e. The highest BCUT2D eigenvalue weighted by molar-refractivity contribution is 7.99. The topological polar surface area (TPSA) is 48.8 Å². The van der Waals surface area contributed by atoms with Gasteiger partial charge in [-0.1, -0.05) is 42.5 Å². The Hall–Kier alpha value is -3.12. The number of amides is 1. The molecule has 2 N–H and O–H groups in total. The number of aromatic nitrogens is 2. The average Bonchev–Trinajstić information content (AvgIpc) is 3.07. The molecule has 0 atom stereocenters. The van der Waals surface area contributed by atoms with Crippen molar-refractivity contribution in [1.29, 1.82) is 0 Å². The molecule has 1 amide bonds. The first kappa shape index (κ1) is 19.2. The van der Waals surface area contributed by atoms with Crippen LogP contribution in [0.5, 0.6) is 0 Å². The number of fused-ring (bicyclic) bond motifs is 1. The van der Waals surface area contributed by atoms with Gasteiger partial charge >= 0.3 is 5.16 Å². The maximum Gasteiger partial charge on any atom is 0.317 e. The van der Waals surface area contributed by atoms with Crippen molar-refractivity contribution in [3.63, 3.8) is 0 Å². The number of nitrogens with zero attached hydrogens (tertiary/aromatic N) is 1. The molecule has 146 valence electrons. The van der Waals surface area contributed by atoms with Gasteiger partial charge in [-0.05, 0) is 60.1 Å². The zero-order valence-electron chi connectivity index (χ0n) is 16.0. The van der Waals surface area contributed by atoms with Crippen LogP contribution in [0.15, 0.2) is 78.0 Å². The molecule has 4 aromatic rings. The fourth-order valence-corrected chi connectivity index (χ4v) is 4.07. The van der Waals surface area contributed by atoms with E-state index in [1.807, 2.05) is 36.4 Å². The first-order chi connectivity index (χ1) is 14.1. The van der Waals surface area contributed by atoms with E-state index in [4.69, 9.17) is 0 Å². The fourth-order valence-electron chi connectivity index (χ4n) is 3.23. The summed E-state index contributed by atoms with van der Waals surface area (Å²) in [5.74, 6) is -0.192. The van der Waals surface area contributed by atoms with Crippen LogP contribution < -0.4 is 9.88 Å². The van der Waals surface area contributed by atoms with Crippen molar-refractivity contribution in [2.24, 2.45) is 0 Å². The molecule has 0 aliphatic carbocycles. The van der Waals surface area contributed by atoms with Gasteiger partial charge in [-0.25, -0.2) is 13.9 Å². The number of hydrogen-bond acceptors (Lipinski definition) is 2. The molecular weight excluding hydrogens is 385 g/mol. The monoisotopic (exact) mass is 406 g/mol. The first-order valence-corrected chi connectivity index (χ1v) is 10.3. The number of hydrogen-bond donors (Lipinski definition) is 2. The summed E-state index contributed by atoms with van der Waals surface area (Å²) < 4.78 is 15.4. The van der Waals surface area contributed by atoms with Gasteiger partial charge in [0.15, 0.2) is 11.0 Å². The van der Waals surface area contributed by atoms with E-state index >= 15 is 0 Å². The third kappa shape index (κ3) is 4.49. The minimum Gasteiger partial charge on any atom is -0.325 e. The lowest BCUT2D eigenvalue weighted by Crippen LogP contribution is -2.35. The number of imidazole rings is 1. The maximum atomic E-state index is 13.3. The van der Waals surface area contributed by atoms with Crippen molar-refractivity contribution >= 4 is 34.4 Å². The molecule has 0 fully saturated rings. The van der Waals surface area contributed by atoms with Gasteiger partial charge in [0.1, 0.15) is 12.4 Å². The zero-order valence-corrected chi connectivity index (χ0v) is 16.8. The van der Waals surface area contributed by atoms with Crippen molar-refractivity contribution in [2.75, 3.05) is 11.1 Å². The third-order valence-electron chi connectivity index (χ3n) is 4.67. The Morgan fingerprint density at radius 1 is 1.07 bits per heavy atom. The molecule has 29 heavy (non-hydrogen) atoms. The Labute approximate surface area is 172 Å². The molecule has 0 radical (unpaired) electrons. The van der Waals surface area contributed by atoms with Crippen LogP contribution in [0, 0.1) is 12.7 Å². The van der Waals surface area contributed by atoms with Gasteiger partial charge < -0.3 is 5.32 Å². The summed E-state index contributed by atoms with van der Waals surface area (Å²) in [6.07, 6.45) is 0. The molecule has 0 spiro atoms. The normalized spacial score (nSPS) is 11.0. The lowest BCUT2D eigenvalue weighted by atomic mass is 10.2. The number of anilines is 1. The van der Waals surface area contributed by atoms with E-state index in [9.17, 15) is 9.18 Å². The molecule has 0 saturated carbocycles. The molecule has 1 aromatic heterocycles. The number of thioether (sulfide) groups is 1. The van der Waals surface area contributed by atoms with E-state index in [2.05, 4.69) is 33.1 Å². The minimum atomic E-state index is -0.310. The summed E-state index contributed by atoms with van der Waals surface area (Å²) in [5, 5.41) is 3.78. The zero-order chi connectivity index (χ0) is 20.2. The van der Waals surface area contributed by atoms with Crippen LogP contribution in [0.4, 0.5) is 10.1 Å². The number of para-hydroxylation sites is 2. The van der Waals surface area contributed by atoms with E-state index in [0.717, 1.165) is 16.2 Å². The second-order valence-corrected chi connectivity index (χ2v) is 7.78. The summed E-state index contributed by atoms with van der Waals surface area (Å²) in [6, 6.07) is 22.7. The number of nitrogens with one attached hydrogen (secondary N) is 2. The maximum absolute atomic E-state index is 13.3. The number of benzene rings is 3. The second kappa shape index (κ2) is 8.49. The van der Waals surface area contributed by atoms with E-state index in [1.54, 1.807) is 13.0 Å². The van der Waals surface area contributed by atoms with Gasteiger partial charge in [-0.3, -0.25) is 4.79 Å². The van der Waals surface area contributed by atoms with Crippen molar-refractivity contribution in [2.45, 2.75) is 18.6 Å². The number of carbonyl (C=O) groups is 1. The molecule has 4 nitrogen and oxygen atoms in total. The van der Waals surface area contributed by atoms with E-state index in [-0.39, 0.29) is 17.5 Å². The average molecular weight is 407 g/mol. The Morgan fingerprint density at radius 2 is 1.83 bits per heavy atom. The number of H-pyrrole nitrogens is 1. The summed E-state index contributed by atoms with van der Waals surface area (Å²) >= 11 is 1.45. The van der Waals surface area contributed by atoms with Crippen LogP contribution in [-0.2, 0) is 11.3 Å². The Kier molecular flexibility index (Phi) is 5.62. The van der Waals surface area contributed by atoms with Crippen LogP contribution >= 0.6 is 11.8 Å². The highest BCUT2D eigenvalue weighted by Crippen LogP contribution is 2.20. The molecule has 0 aliphatic rings. The Balaban J connectivity index is 1.52. The SMILES string of the molecule is Cc1cc(F)ccc1NC(=O)CSc1[nH]c2ccccc2[n+]1Cc1ccccc1. The van der Waals surface area contributed by atoms with E-state index in [0.29, 0.717) is 17.8 Å². The third-order valence-corrected chi connectivity index (χ3v) is 5.67. The summed E-state index contributed by atoms with van der Waals surface area (Å²) in [6.45, 7) is 2.49. The molecule has 0 saturated heterocycles. The van der Waals surface area contributed by atoms with Crippen LogP contribution in [0.3, 0.4) is 0 Å². The van der Waals surface area contributed by atoms with Gasteiger partial charge in [0.25, 0.3) is 0 Å². The van der Waals surface area contributed by atoms with Gasteiger partial charge in [-0.15, -0.1) is 0 Å². The van der Waals surface area contributed by atoms with Gasteiger partial charge in [-0.2, -0.15) is 0 Å². The Bertz CT molecular complexity index is 1160. The number of carbonyl (C=O) groups excluding carboxylic acids is 1. The molecule has 1 heterocycles. The van der Waals surface area contributed by atoms with Gasteiger partial charge in [0.05, 0.1) is 5.75 Å². The summed E-state index contributed by atoms with van der Waals surface area (Å²) in [5.41, 5.74) is 4.64. The largest absolute Gasteiger partial charge is 0.325 e. The van der Waals surface area contributed by atoms with Gasteiger partial charge in [0.2, 0.25) is 5.91 Å². The predicted molar refractivity (Wildman–Crippen MR) is 115 cm³/mol. The van der Waals surface area contributed by atoms with Crippen molar-refractivity contribution in [1.82, 2.24) is 4.98 Å². The predicted octanol–water partition coefficient (Wildman–Crippen LogP) is 4.68. The lowest BCUT2D eigenvalue weighted by molar-refractivity contribution is -0.700. The van der Waals surface area contributed by atoms with Crippen molar-refractivity contribution < 1.29 is 13.8 Å². The number of aromatic amines is 1. The second-order valence-electron chi connectivity index (χ2n) is 6.82. The van der Waals surface area contributed by atoms with Crippen molar-refractivity contribution in [3.8, 4) is 0 Å². The molecule has 0 unspecified atom stereocenters. The number of aryl methyl sites for hydroxylation is 1. The highest BCUT2D eigenvalue weighted by Gasteiger charge is 2.20. The standard InChI is InChI=1S/C23H20FN3OS/c1-16-13-18(24)11-12-19(16)25-22(28)15-29-23-26-20-9-5-6-10-21(20)27(23)14-17-7-3-2-4-8-17/h2-13H,14-15H2,1H3,(H,25,28)/p+1. The van der Waals surface area contributed by atoms with Gasteiger partial charge in [0, 0.05) is 5.69 Å². The molecule has 4 rings (SSSR count). The lowest BCUT2D eigenvalue weighted by Gasteiger charge is -2.07. The quantitative estimate of drug-likeness (QED) is 0.361. The molecule has 0 bridgehead atoms. The van der Waals surface area contributed by atoms with E-state index < -0.39 is 0 Å². The van der Waals surface area contributed by atoms with Crippen LogP contribution in [-0.4, -0.2) is 16.6 Å². The van der Waals surface area contributed by atoms with Crippen molar-refractivity contribution in [3.05, 3.63) is 89.7 Å². The molecular formula is C23H21FN3OS+. The molecule has 3 aromatic carbocycles. The first-order valence-electron chi connectivity index (χ1n) is 9.33. The summed E-state index contributed by atoms with van der Waals surface area (Å²) in [4.78, 5) is 15.9. The highest BCUT2D eigenvalue weighted by atomic mass is 32.2. The molecule has 0 aliphatic heterocycles. The Morgan fingerprint density at radius 3 is 2.62 bits per heavy atom. The number of rotatable bonds is 6. The van der Waals surface area contributed by atoms with Crippen LogP contribution in [0.1, 0.15) is 11.1 Å². The fraction of sp³-hybridized carbons (Fsp3) is 0.130. The minimum absolute atomic E-state index is 0.130.